The van der Waals surface area contributed by atoms with Crippen LogP contribution in [0, 0.1) is 0 Å². The monoisotopic (exact) mass is 379 g/mol. The standard InChI is InChI=1S/C21H21N3O2S/c1-16(2)18-5-9-20(10-6-18)27(25,26)21-11-7-19(8-12-21)24-23-15-17-4-3-13-22-14-17/h3-16,24H,1-2H3/b23-15-. The van der Waals surface area contributed by atoms with Gasteiger partial charge in [-0.3, -0.25) is 10.4 Å². The molecule has 1 N–H and O–H groups in total. The van der Waals surface area contributed by atoms with Gasteiger partial charge in [0.15, 0.2) is 0 Å². The van der Waals surface area contributed by atoms with Crippen LogP contribution in [-0.2, 0) is 9.84 Å². The number of anilines is 1. The van der Waals surface area contributed by atoms with Crippen molar-refractivity contribution >= 4 is 21.7 Å². The van der Waals surface area contributed by atoms with Gasteiger partial charge in [0.1, 0.15) is 0 Å². The van der Waals surface area contributed by atoms with Crippen LogP contribution in [-0.4, -0.2) is 19.6 Å². The van der Waals surface area contributed by atoms with Gasteiger partial charge in [0.2, 0.25) is 9.84 Å². The van der Waals surface area contributed by atoms with E-state index in [0.717, 1.165) is 11.1 Å². The maximum Gasteiger partial charge on any atom is 0.206 e. The largest absolute Gasteiger partial charge is 0.279 e. The fourth-order valence-corrected chi connectivity index (χ4v) is 3.77. The Labute approximate surface area is 159 Å². The van der Waals surface area contributed by atoms with Crippen molar-refractivity contribution in [3.8, 4) is 0 Å². The number of nitrogens with one attached hydrogen (secondary N) is 1. The number of hydrogen-bond donors (Lipinski definition) is 1. The number of rotatable bonds is 6. The fraction of sp³-hybridized carbons (Fsp3) is 0.143. The lowest BCUT2D eigenvalue weighted by Gasteiger charge is -2.09. The second-order valence-electron chi connectivity index (χ2n) is 6.41. The van der Waals surface area contributed by atoms with Gasteiger partial charge < -0.3 is 0 Å². The number of pyridine rings is 1. The molecule has 0 aliphatic rings. The van der Waals surface area contributed by atoms with E-state index >= 15 is 0 Å². The van der Waals surface area contributed by atoms with E-state index in [9.17, 15) is 8.42 Å². The number of benzene rings is 2. The summed E-state index contributed by atoms with van der Waals surface area (Å²) in [6.45, 7) is 4.15. The molecule has 0 unspecified atom stereocenters. The fourth-order valence-electron chi connectivity index (χ4n) is 2.51. The molecule has 3 rings (SSSR count). The van der Waals surface area contributed by atoms with Crippen LogP contribution in [0.25, 0.3) is 0 Å². The van der Waals surface area contributed by atoms with Crippen LogP contribution >= 0.6 is 0 Å². The van der Waals surface area contributed by atoms with Crippen LogP contribution in [0.2, 0.25) is 0 Å². The summed E-state index contributed by atoms with van der Waals surface area (Å²) < 4.78 is 25.5. The lowest BCUT2D eigenvalue weighted by atomic mass is 10.0. The Balaban J connectivity index is 1.73. The number of aromatic nitrogens is 1. The van der Waals surface area contributed by atoms with Gasteiger partial charge in [-0.05, 0) is 53.9 Å². The van der Waals surface area contributed by atoms with E-state index in [1.807, 2.05) is 24.3 Å². The van der Waals surface area contributed by atoms with Gasteiger partial charge in [-0.15, -0.1) is 0 Å². The number of hydrogen-bond acceptors (Lipinski definition) is 5. The predicted molar refractivity (Wildman–Crippen MR) is 108 cm³/mol. The minimum atomic E-state index is -3.54. The van der Waals surface area contributed by atoms with Gasteiger partial charge in [0, 0.05) is 18.0 Å². The Morgan fingerprint density at radius 2 is 1.59 bits per heavy atom. The van der Waals surface area contributed by atoms with Gasteiger partial charge in [0.05, 0.1) is 21.7 Å². The number of sulfone groups is 1. The third-order valence-corrected chi connectivity index (χ3v) is 5.90. The highest BCUT2D eigenvalue weighted by Crippen LogP contribution is 2.24. The summed E-state index contributed by atoms with van der Waals surface area (Å²) in [4.78, 5) is 4.55. The zero-order valence-electron chi connectivity index (χ0n) is 15.2. The second kappa shape index (κ2) is 8.14. The van der Waals surface area contributed by atoms with Crippen molar-refractivity contribution in [1.29, 1.82) is 0 Å². The first-order chi connectivity index (χ1) is 13.0. The van der Waals surface area contributed by atoms with E-state index in [0.29, 0.717) is 16.5 Å². The van der Waals surface area contributed by atoms with Crippen LogP contribution in [0.15, 0.2) is 87.9 Å². The summed E-state index contributed by atoms with van der Waals surface area (Å²) in [7, 11) is -3.54. The average Bonchev–Trinajstić information content (AvgIpc) is 2.69. The molecule has 27 heavy (non-hydrogen) atoms. The van der Waals surface area contributed by atoms with E-state index in [2.05, 4.69) is 29.4 Å². The van der Waals surface area contributed by atoms with Crippen molar-refractivity contribution in [3.05, 3.63) is 84.2 Å². The molecule has 0 amide bonds. The summed E-state index contributed by atoms with van der Waals surface area (Å²) in [6, 6.07) is 17.3. The van der Waals surface area contributed by atoms with E-state index in [1.165, 1.54) is 0 Å². The molecule has 0 radical (unpaired) electrons. The van der Waals surface area contributed by atoms with Crippen LogP contribution in [0.5, 0.6) is 0 Å². The van der Waals surface area contributed by atoms with Crippen LogP contribution in [0.4, 0.5) is 5.69 Å². The lowest BCUT2D eigenvalue weighted by Crippen LogP contribution is -2.02. The SMILES string of the molecule is CC(C)c1ccc(S(=O)(=O)c2ccc(N/N=C\c3cccnc3)cc2)cc1. The summed E-state index contributed by atoms with van der Waals surface area (Å²) in [5.41, 5.74) is 5.56. The molecule has 1 aromatic heterocycles. The summed E-state index contributed by atoms with van der Waals surface area (Å²) in [6.07, 6.45) is 5.04. The summed E-state index contributed by atoms with van der Waals surface area (Å²) >= 11 is 0. The predicted octanol–water partition coefficient (Wildman–Crippen LogP) is 4.48. The van der Waals surface area contributed by atoms with Crippen molar-refractivity contribution in [3.63, 3.8) is 0 Å². The molecule has 0 saturated heterocycles. The van der Waals surface area contributed by atoms with Crippen LogP contribution in [0.3, 0.4) is 0 Å². The molecule has 5 nitrogen and oxygen atoms in total. The van der Waals surface area contributed by atoms with Crippen molar-refractivity contribution in [2.45, 2.75) is 29.6 Å². The Morgan fingerprint density at radius 3 is 2.15 bits per heavy atom. The van der Waals surface area contributed by atoms with Crippen molar-refractivity contribution in [1.82, 2.24) is 4.98 Å². The second-order valence-corrected chi connectivity index (χ2v) is 8.36. The molecular weight excluding hydrogens is 358 g/mol. The molecule has 0 atom stereocenters. The molecule has 3 aromatic rings. The molecule has 0 aliphatic heterocycles. The first-order valence-electron chi connectivity index (χ1n) is 8.61. The number of nitrogens with zero attached hydrogens (tertiary/aromatic N) is 2. The molecule has 0 bridgehead atoms. The Kier molecular flexibility index (Phi) is 5.66. The van der Waals surface area contributed by atoms with E-state index < -0.39 is 9.84 Å². The maximum absolute atomic E-state index is 12.8. The zero-order chi connectivity index (χ0) is 19.3. The summed E-state index contributed by atoms with van der Waals surface area (Å²) in [5, 5.41) is 4.12. The lowest BCUT2D eigenvalue weighted by molar-refractivity contribution is 0.596. The highest BCUT2D eigenvalue weighted by molar-refractivity contribution is 7.91. The van der Waals surface area contributed by atoms with E-state index in [-0.39, 0.29) is 4.90 Å². The number of hydrazone groups is 1. The molecule has 0 aliphatic carbocycles. The highest BCUT2D eigenvalue weighted by Gasteiger charge is 2.17. The smallest absolute Gasteiger partial charge is 0.206 e. The molecule has 0 fully saturated rings. The van der Waals surface area contributed by atoms with Crippen LogP contribution < -0.4 is 5.43 Å². The van der Waals surface area contributed by atoms with Crippen LogP contribution in [0.1, 0.15) is 30.9 Å². The van der Waals surface area contributed by atoms with Gasteiger partial charge in [0.25, 0.3) is 0 Å². The normalized spacial score (nSPS) is 11.8. The molecule has 6 heteroatoms. The minimum Gasteiger partial charge on any atom is -0.279 e. The molecule has 0 saturated carbocycles. The van der Waals surface area contributed by atoms with Crippen molar-refractivity contribution in [2.24, 2.45) is 5.10 Å². The van der Waals surface area contributed by atoms with Gasteiger partial charge in [-0.1, -0.05) is 32.0 Å². The van der Waals surface area contributed by atoms with Crippen molar-refractivity contribution in [2.75, 3.05) is 5.43 Å². The molecule has 1 heterocycles. The third kappa shape index (κ3) is 4.60. The molecule has 0 spiro atoms. The van der Waals surface area contributed by atoms with E-state index in [1.54, 1.807) is 55.0 Å². The molecule has 138 valence electrons. The zero-order valence-corrected chi connectivity index (χ0v) is 16.0. The average molecular weight is 379 g/mol. The third-order valence-electron chi connectivity index (χ3n) is 4.11. The first-order valence-corrected chi connectivity index (χ1v) is 10.1. The Bertz CT molecular complexity index is 1010. The maximum atomic E-state index is 12.8. The Morgan fingerprint density at radius 1 is 0.963 bits per heavy atom. The van der Waals surface area contributed by atoms with Crippen molar-refractivity contribution < 1.29 is 8.42 Å². The molecule has 2 aromatic carbocycles. The van der Waals surface area contributed by atoms with Gasteiger partial charge in [-0.2, -0.15) is 5.10 Å². The van der Waals surface area contributed by atoms with Gasteiger partial charge in [-0.25, -0.2) is 8.42 Å². The molecular formula is C21H21N3O2S. The Hall–Kier alpha value is -2.99. The topological polar surface area (TPSA) is 71.4 Å². The first kappa shape index (κ1) is 18.8. The van der Waals surface area contributed by atoms with E-state index in [4.69, 9.17) is 0 Å². The minimum absolute atomic E-state index is 0.251. The quantitative estimate of drug-likeness (QED) is 0.506. The summed E-state index contributed by atoms with van der Waals surface area (Å²) in [5.74, 6) is 0.360. The van der Waals surface area contributed by atoms with Gasteiger partial charge >= 0.3 is 0 Å². The highest BCUT2D eigenvalue weighted by atomic mass is 32.2.